The van der Waals surface area contributed by atoms with Gasteiger partial charge in [0.15, 0.2) is 6.10 Å². The van der Waals surface area contributed by atoms with E-state index in [-0.39, 0.29) is 38.2 Å². The van der Waals surface area contributed by atoms with Crippen molar-refractivity contribution in [3.63, 3.8) is 0 Å². The van der Waals surface area contributed by atoms with E-state index in [0.29, 0.717) is 17.4 Å². The molecule has 0 heterocycles. The summed E-state index contributed by atoms with van der Waals surface area (Å²) in [5, 5.41) is 9.79. The number of carbonyl (C=O) groups excluding carboxylic acids is 2. The first kappa shape index (κ1) is 95.0. The largest absolute Gasteiger partial charge is 0.477 e. The first-order valence-electron chi connectivity index (χ1n) is 43.0. The maximum Gasteiger partial charge on any atom is 0.361 e. The number of carboxylic acid groups (broad SMARTS) is 1. The van der Waals surface area contributed by atoms with E-state index in [0.717, 1.165) is 70.6 Å². The zero-order chi connectivity index (χ0) is 71.1. The number of aliphatic carboxylic acids is 1. The quantitative estimate of drug-likeness (QED) is 0.0211. The van der Waals surface area contributed by atoms with E-state index in [9.17, 15) is 19.5 Å². The Morgan fingerprint density at radius 1 is 0.316 bits per heavy atom. The first-order chi connectivity index (χ1) is 48.1. The van der Waals surface area contributed by atoms with Crippen molar-refractivity contribution in [3.8, 4) is 0 Å². The maximum absolute atomic E-state index is 13.0. The van der Waals surface area contributed by atoms with E-state index >= 15 is 0 Å². The highest BCUT2D eigenvalue weighted by Crippen LogP contribution is 2.21. The van der Waals surface area contributed by atoms with Gasteiger partial charge in [-0.05, 0) is 57.8 Å². The van der Waals surface area contributed by atoms with Crippen LogP contribution in [0.15, 0.2) is 60.8 Å². The molecule has 0 aromatic rings. The van der Waals surface area contributed by atoms with Gasteiger partial charge in [0.2, 0.25) is 0 Å². The molecule has 0 aliphatic carbocycles. The third-order valence-electron chi connectivity index (χ3n) is 19.5. The smallest absolute Gasteiger partial charge is 0.361 e. The second-order valence-corrected chi connectivity index (χ2v) is 30.5. The lowest BCUT2D eigenvalue weighted by atomic mass is 10.0. The monoisotopic (exact) mass is 1380 g/mol. The molecule has 9 nitrogen and oxygen atoms in total. The minimum absolute atomic E-state index is 0.176. The summed E-state index contributed by atoms with van der Waals surface area (Å²) >= 11 is 0. The summed E-state index contributed by atoms with van der Waals surface area (Å²) in [6.07, 6.45) is 104. The van der Waals surface area contributed by atoms with Gasteiger partial charge in [0.05, 0.1) is 34.4 Å². The predicted octanol–water partition coefficient (Wildman–Crippen LogP) is 27.8. The molecule has 0 radical (unpaired) electrons. The Hall–Kier alpha value is -3.01. The molecule has 2 atom stereocenters. The number of rotatable bonds is 81. The number of likely N-dealkylation sites (N-methyl/N-ethyl adjacent to an activating group) is 1. The fraction of sp³-hybridized carbons (Fsp3) is 0.854. The van der Waals surface area contributed by atoms with Gasteiger partial charge < -0.3 is 28.5 Å². The van der Waals surface area contributed by atoms with E-state index in [4.69, 9.17) is 18.9 Å². The number of unbranched alkanes of at least 4 members (excludes halogenated alkanes) is 56. The standard InChI is InChI=1S/C89H165NO8/c1-6-8-10-12-14-16-18-20-22-24-26-28-30-32-34-36-38-40-42-44-46-48-50-52-54-56-58-60-62-64-66-68-70-72-74-76-78-80-87(92)98-85(84-97-89(88(93)94)95-82-81-90(3,4)5)83-96-86(91)79-77-75-73-71-69-67-65-63-61-59-57-55-53-51-49-47-45-43-41-39-37-35-33-31-29-27-25-23-21-19-17-15-13-11-9-7-2/h8,10,14,16,20,22,26,28,32,34,85,89H,6-7,9,11-13,15,17-19,21,23-25,27,29-31,33,35-84H2,1-5H3/p+1/b10-8-,16-14-,22-20-,28-26-,34-32-. The Labute approximate surface area is 609 Å². The molecule has 574 valence electrons. The molecule has 0 aliphatic heterocycles. The van der Waals surface area contributed by atoms with Crippen LogP contribution in [0.2, 0.25) is 0 Å². The number of nitrogens with zero attached hydrogens (tertiary/aromatic N) is 1. The van der Waals surface area contributed by atoms with Crippen LogP contribution in [0.1, 0.15) is 431 Å². The van der Waals surface area contributed by atoms with Crippen molar-refractivity contribution in [2.45, 2.75) is 444 Å². The van der Waals surface area contributed by atoms with Crippen LogP contribution in [0.4, 0.5) is 0 Å². The van der Waals surface area contributed by atoms with Gasteiger partial charge in [-0.25, -0.2) is 4.79 Å². The zero-order valence-corrected chi connectivity index (χ0v) is 66.0. The molecule has 0 spiro atoms. The van der Waals surface area contributed by atoms with Crippen molar-refractivity contribution < 1.29 is 42.9 Å². The molecule has 0 saturated heterocycles. The van der Waals surface area contributed by atoms with Gasteiger partial charge in [-0.2, -0.15) is 0 Å². The summed E-state index contributed by atoms with van der Waals surface area (Å²) in [7, 11) is 6.00. The van der Waals surface area contributed by atoms with Crippen molar-refractivity contribution >= 4 is 17.9 Å². The number of allylic oxidation sites excluding steroid dienone is 10. The fourth-order valence-corrected chi connectivity index (χ4v) is 13.0. The zero-order valence-electron chi connectivity index (χ0n) is 66.0. The number of hydrogen-bond donors (Lipinski definition) is 1. The number of ether oxygens (including phenoxy) is 4. The first-order valence-corrected chi connectivity index (χ1v) is 43.0. The van der Waals surface area contributed by atoms with Crippen LogP contribution in [-0.2, 0) is 33.3 Å². The van der Waals surface area contributed by atoms with Crippen LogP contribution in [0.5, 0.6) is 0 Å². The third kappa shape index (κ3) is 80.3. The SMILES string of the molecule is CC/C=C\C/C=C\C/C=C\C/C=C\C/C=C\CCCCCCCCCCCCCCCCCCCCCCCC(=O)OC(COC(=O)CCCCCCCCCCCCCCCCCCCCCCCCCCCCCCCCCCCCCC)COC(OCC[N+](C)(C)C)C(=O)O. The molecule has 0 bridgehead atoms. The average molecular weight is 1380 g/mol. The Morgan fingerprint density at radius 2 is 0.582 bits per heavy atom. The normalized spacial score (nSPS) is 12.9. The molecule has 9 heteroatoms. The van der Waals surface area contributed by atoms with Crippen LogP contribution in [0, 0.1) is 0 Å². The van der Waals surface area contributed by atoms with E-state index in [2.05, 4.69) is 74.6 Å². The maximum atomic E-state index is 13.0. The average Bonchev–Trinajstić information content (AvgIpc) is 1.26. The van der Waals surface area contributed by atoms with Gasteiger partial charge in [0.1, 0.15) is 13.2 Å². The van der Waals surface area contributed by atoms with Crippen molar-refractivity contribution in [1.82, 2.24) is 0 Å². The number of hydrogen-bond acceptors (Lipinski definition) is 7. The summed E-state index contributed by atoms with van der Waals surface area (Å²) in [5.41, 5.74) is 0. The van der Waals surface area contributed by atoms with Gasteiger partial charge in [-0.1, -0.05) is 421 Å². The molecule has 0 amide bonds. The van der Waals surface area contributed by atoms with Crippen molar-refractivity contribution in [1.29, 1.82) is 0 Å². The highest BCUT2D eigenvalue weighted by molar-refractivity contribution is 5.71. The number of carboxylic acids is 1. The number of carbonyl (C=O) groups is 3. The summed E-state index contributed by atoms with van der Waals surface area (Å²) in [6.45, 7) is 4.85. The molecule has 1 N–H and O–H groups in total. The van der Waals surface area contributed by atoms with Gasteiger partial charge in [0, 0.05) is 12.8 Å². The number of quaternary nitrogens is 1. The summed E-state index contributed by atoms with van der Waals surface area (Å²) < 4.78 is 23.1. The Bertz CT molecular complexity index is 1800. The molecule has 2 unspecified atom stereocenters. The van der Waals surface area contributed by atoms with Gasteiger partial charge in [-0.15, -0.1) is 0 Å². The molecule has 0 fully saturated rings. The number of esters is 2. The predicted molar refractivity (Wildman–Crippen MR) is 424 cm³/mol. The second kappa shape index (κ2) is 79.7. The molecule has 0 rings (SSSR count). The van der Waals surface area contributed by atoms with Crippen molar-refractivity contribution in [3.05, 3.63) is 60.8 Å². The third-order valence-corrected chi connectivity index (χ3v) is 19.5. The summed E-state index contributed by atoms with van der Waals surface area (Å²) in [5.74, 6) is -1.97. The van der Waals surface area contributed by atoms with Crippen molar-refractivity contribution in [2.24, 2.45) is 0 Å². The second-order valence-electron chi connectivity index (χ2n) is 30.5. The lowest BCUT2D eigenvalue weighted by Gasteiger charge is -2.25. The van der Waals surface area contributed by atoms with E-state index in [1.807, 2.05) is 21.1 Å². The Kier molecular flexibility index (Phi) is 77.2. The van der Waals surface area contributed by atoms with Crippen LogP contribution in [0.3, 0.4) is 0 Å². The highest BCUT2D eigenvalue weighted by Gasteiger charge is 2.25. The van der Waals surface area contributed by atoms with Crippen LogP contribution in [0.25, 0.3) is 0 Å². The lowest BCUT2D eigenvalue weighted by Crippen LogP contribution is -2.40. The van der Waals surface area contributed by atoms with Gasteiger partial charge in [0.25, 0.3) is 6.29 Å². The van der Waals surface area contributed by atoms with Crippen LogP contribution in [-0.4, -0.2) is 87.4 Å². The molecule has 0 aromatic heterocycles. The van der Waals surface area contributed by atoms with Crippen molar-refractivity contribution in [2.75, 3.05) is 47.5 Å². The Balaban J connectivity index is 3.93. The molecular formula is C89H166NO8+. The molecular weight excluding hydrogens is 1210 g/mol. The molecule has 0 aromatic carbocycles. The minimum atomic E-state index is -1.51. The van der Waals surface area contributed by atoms with Crippen LogP contribution >= 0.6 is 0 Å². The summed E-state index contributed by atoms with van der Waals surface area (Å²) in [4.78, 5) is 37.8. The highest BCUT2D eigenvalue weighted by atomic mass is 16.7. The summed E-state index contributed by atoms with van der Waals surface area (Å²) in [6, 6.07) is 0. The van der Waals surface area contributed by atoms with Gasteiger partial charge in [-0.3, -0.25) is 9.59 Å². The van der Waals surface area contributed by atoms with E-state index in [1.54, 1.807) is 0 Å². The van der Waals surface area contributed by atoms with Crippen LogP contribution < -0.4 is 0 Å². The lowest BCUT2D eigenvalue weighted by molar-refractivity contribution is -0.870. The van der Waals surface area contributed by atoms with E-state index in [1.165, 1.54) is 334 Å². The van der Waals surface area contributed by atoms with Gasteiger partial charge >= 0.3 is 17.9 Å². The molecule has 0 saturated carbocycles. The fourth-order valence-electron chi connectivity index (χ4n) is 13.0. The topological polar surface area (TPSA) is 108 Å². The van der Waals surface area contributed by atoms with E-state index < -0.39 is 18.4 Å². The molecule has 98 heavy (non-hydrogen) atoms. The Morgan fingerprint density at radius 3 is 0.867 bits per heavy atom. The minimum Gasteiger partial charge on any atom is -0.477 e. The molecule has 0 aliphatic rings.